The van der Waals surface area contributed by atoms with Crippen LogP contribution in [0, 0.1) is 0 Å². The lowest BCUT2D eigenvalue weighted by Gasteiger charge is -2.06. The van der Waals surface area contributed by atoms with Crippen LogP contribution >= 0.6 is 0 Å². The van der Waals surface area contributed by atoms with Crippen molar-refractivity contribution in [3.8, 4) is 5.75 Å². The highest BCUT2D eigenvalue weighted by atomic mass is 16.5. The number of allylic oxidation sites excluding steroid dienone is 2. The molecule has 0 fully saturated rings. The van der Waals surface area contributed by atoms with Gasteiger partial charge in [0.15, 0.2) is 0 Å². The van der Waals surface area contributed by atoms with Crippen LogP contribution in [0.4, 0.5) is 0 Å². The lowest BCUT2D eigenvalue weighted by molar-refractivity contribution is 0.0600. The largest absolute Gasteiger partial charge is 0.496 e. The number of benzene rings is 1. The van der Waals surface area contributed by atoms with E-state index in [1.807, 2.05) is 6.08 Å². The third-order valence-corrected chi connectivity index (χ3v) is 2.07. The Morgan fingerprint density at radius 2 is 2.12 bits per heavy atom. The zero-order valence-electron chi connectivity index (χ0n) is 9.40. The molecule has 3 heteroatoms. The highest BCUT2D eigenvalue weighted by Crippen LogP contribution is 2.22. The molecule has 0 unspecified atom stereocenters. The van der Waals surface area contributed by atoms with Gasteiger partial charge in [-0.3, -0.25) is 0 Å². The molecule has 1 rings (SSSR count). The highest BCUT2D eigenvalue weighted by Gasteiger charge is 2.08. The smallest absolute Gasteiger partial charge is 0.337 e. The minimum absolute atomic E-state index is 0.377. The van der Waals surface area contributed by atoms with Crippen LogP contribution in [0.25, 0.3) is 6.08 Å². The van der Waals surface area contributed by atoms with Crippen LogP contribution in [0.3, 0.4) is 0 Å². The van der Waals surface area contributed by atoms with Gasteiger partial charge in [0.05, 0.1) is 19.8 Å². The van der Waals surface area contributed by atoms with Gasteiger partial charge in [-0.15, -0.1) is 0 Å². The van der Waals surface area contributed by atoms with Gasteiger partial charge in [0.1, 0.15) is 5.75 Å². The van der Waals surface area contributed by atoms with E-state index in [-0.39, 0.29) is 5.97 Å². The SMILES string of the molecule is C=C/C=C/c1ccc(C(=O)OC)cc1OC. The normalized spacial score (nSPS) is 10.1. The molecule has 84 valence electrons. The highest BCUT2D eigenvalue weighted by molar-refractivity contribution is 5.90. The number of hydrogen-bond acceptors (Lipinski definition) is 3. The Kier molecular flexibility index (Phi) is 4.33. The van der Waals surface area contributed by atoms with Gasteiger partial charge in [-0.2, -0.15) is 0 Å². The van der Waals surface area contributed by atoms with E-state index in [4.69, 9.17) is 4.74 Å². The minimum Gasteiger partial charge on any atom is -0.496 e. The molecule has 0 saturated heterocycles. The number of carbonyl (C=O) groups is 1. The van der Waals surface area contributed by atoms with E-state index in [2.05, 4.69) is 11.3 Å². The first-order chi connectivity index (χ1) is 7.72. The van der Waals surface area contributed by atoms with Gasteiger partial charge in [-0.05, 0) is 12.1 Å². The topological polar surface area (TPSA) is 35.5 Å². The molecule has 0 saturated carbocycles. The lowest BCUT2D eigenvalue weighted by Crippen LogP contribution is -2.01. The number of esters is 1. The molecule has 0 radical (unpaired) electrons. The third-order valence-electron chi connectivity index (χ3n) is 2.07. The van der Waals surface area contributed by atoms with Crippen molar-refractivity contribution in [2.75, 3.05) is 14.2 Å². The van der Waals surface area contributed by atoms with Gasteiger partial charge < -0.3 is 9.47 Å². The molecule has 1 aromatic carbocycles. The number of rotatable bonds is 4. The lowest BCUT2D eigenvalue weighted by atomic mass is 10.1. The van der Waals surface area contributed by atoms with E-state index in [0.29, 0.717) is 11.3 Å². The van der Waals surface area contributed by atoms with Crippen molar-refractivity contribution in [3.05, 3.63) is 48.1 Å². The van der Waals surface area contributed by atoms with E-state index >= 15 is 0 Å². The monoisotopic (exact) mass is 218 g/mol. The summed E-state index contributed by atoms with van der Waals surface area (Å²) in [7, 11) is 2.90. The summed E-state index contributed by atoms with van der Waals surface area (Å²) in [5, 5.41) is 0. The van der Waals surface area contributed by atoms with Gasteiger partial charge in [0.2, 0.25) is 0 Å². The van der Waals surface area contributed by atoms with Crippen LogP contribution in [0.1, 0.15) is 15.9 Å². The molecule has 0 aromatic heterocycles. The maximum absolute atomic E-state index is 11.3. The third kappa shape index (κ3) is 2.73. The van der Waals surface area contributed by atoms with Gasteiger partial charge in [0.25, 0.3) is 0 Å². The summed E-state index contributed by atoms with van der Waals surface area (Å²) in [6.45, 7) is 3.59. The number of hydrogen-bond donors (Lipinski definition) is 0. The van der Waals surface area contributed by atoms with Crippen LogP contribution in [-0.4, -0.2) is 20.2 Å². The molecule has 0 N–H and O–H groups in total. The molecule has 0 aliphatic heterocycles. The molecule has 0 bridgehead atoms. The van der Waals surface area contributed by atoms with Crippen molar-refractivity contribution in [1.82, 2.24) is 0 Å². The van der Waals surface area contributed by atoms with E-state index < -0.39 is 0 Å². The Morgan fingerprint density at radius 1 is 1.38 bits per heavy atom. The van der Waals surface area contributed by atoms with Crippen molar-refractivity contribution < 1.29 is 14.3 Å². The number of carbonyl (C=O) groups excluding carboxylic acids is 1. The second kappa shape index (κ2) is 5.75. The van der Waals surface area contributed by atoms with E-state index in [0.717, 1.165) is 5.56 Å². The summed E-state index contributed by atoms with van der Waals surface area (Å²) in [5.74, 6) is 0.249. The van der Waals surface area contributed by atoms with Gasteiger partial charge >= 0.3 is 5.97 Å². The number of methoxy groups -OCH3 is 2. The Bertz CT molecular complexity index is 419. The fourth-order valence-electron chi connectivity index (χ4n) is 1.27. The predicted molar refractivity (Wildman–Crippen MR) is 63.6 cm³/mol. The van der Waals surface area contributed by atoms with Crippen molar-refractivity contribution in [2.45, 2.75) is 0 Å². The van der Waals surface area contributed by atoms with Crippen LogP contribution in [0.15, 0.2) is 36.9 Å². The van der Waals surface area contributed by atoms with E-state index in [1.165, 1.54) is 7.11 Å². The first kappa shape index (κ1) is 12.0. The molecule has 3 nitrogen and oxygen atoms in total. The molecular formula is C13H14O3. The van der Waals surface area contributed by atoms with Gasteiger partial charge in [0, 0.05) is 5.56 Å². The van der Waals surface area contributed by atoms with Crippen molar-refractivity contribution in [3.63, 3.8) is 0 Å². The maximum atomic E-state index is 11.3. The molecule has 0 spiro atoms. The van der Waals surface area contributed by atoms with Crippen LogP contribution in [0.5, 0.6) is 5.75 Å². The average molecular weight is 218 g/mol. The summed E-state index contributed by atoms with van der Waals surface area (Å²) >= 11 is 0. The summed E-state index contributed by atoms with van der Waals surface area (Å²) < 4.78 is 9.81. The fraction of sp³-hybridized carbons (Fsp3) is 0.154. The molecule has 0 aliphatic carbocycles. The first-order valence-electron chi connectivity index (χ1n) is 4.78. The molecule has 0 amide bonds. The average Bonchev–Trinajstić information content (AvgIpc) is 2.35. The molecular weight excluding hydrogens is 204 g/mol. The Hall–Kier alpha value is -2.03. The maximum Gasteiger partial charge on any atom is 0.337 e. The standard InChI is InChI=1S/C13H14O3/c1-4-5-6-10-7-8-11(13(14)16-3)9-12(10)15-2/h4-9H,1H2,2-3H3/b6-5+. The second-order valence-electron chi connectivity index (χ2n) is 3.04. The minimum atomic E-state index is -0.377. The molecule has 0 aliphatic rings. The van der Waals surface area contributed by atoms with E-state index in [1.54, 1.807) is 37.5 Å². The van der Waals surface area contributed by atoms with Crippen LogP contribution in [-0.2, 0) is 4.74 Å². The quantitative estimate of drug-likeness (QED) is 0.575. The van der Waals surface area contributed by atoms with Gasteiger partial charge in [-0.1, -0.05) is 30.9 Å². The second-order valence-corrected chi connectivity index (χ2v) is 3.04. The van der Waals surface area contributed by atoms with E-state index in [9.17, 15) is 4.79 Å². The van der Waals surface area contributed by atoms with Gasteiger partial charge in [-0.25, -0.2) is 4.79 Å². The van der Waals surface area contributed by atoms with Crippen LogP contribution in [0.2, 0.25) is 0 Å². The fourth-order valence-corrected chi connectivity index (χ4v) is 1.27. The summed E-state index contributed by atoms with van der Waals surface area (Å²) in [6.07, 6.45) is 5.33. The summed E-state index contributed by atoms with van der Waals surface area (Å²) in [4.78, 5) is 11.3. The van der Waals surface area contributed by atoms with Crippen molar-refractivity contribution in [2.24, 2.45) is 0 Å². The number of ether oxygens (including phenoxy) is 2. The molecule has 0 atom stereocenters. The molecule has 16 heavy (non-hydrogen) atoms. The summed E-state index contributed by atoms with van der Waals surface area (Å²) in [6, 6.07) is 5.14. The zero-order valence-corrected chi connectivity index (χ0v) is 9.40. The molecule has 1 aromatic rings. The van der Waals surface area contributed by atoms with Crippen LogP contribution < -0.4 is 4.74 Å². The van der Waals surface area contributed by atoms with Crippen molar-refractivity contribution in [1.29, 1.82) is 0 Å². The Balaban J connectivity index is 3.11. The summed E-state index contributed by atoms with van der Waals surface area (Å²) in [5.41, 5.74) is 1.35. The Morgan fingerprint density at radius 3 is 2.69 bits per heavy atom. The molecule has 0 heterocycles. The zero-order chi connectivity index (χ0) is 12.0. The van der Waals surface area contributed by atoms with Crippen molar-refractivity contribution >= 4 is 12.0 Å². The first-order valence-corrected chi connectivity index (χ1v) is 4.78. The Labute approximate surface area is 95.0 Å². The predicted octanol–water partition coefficient (Wildman–Crippen LogP) is 2.68.